The monoisotopic (exact) mass is 341 g/mol. The maximum Gasteiger partial charge on any atom is 0.238 e. The fourth-order valence-corrected chi connectivity index (χ4v) is 3.69. The molecule has 6 nitrogen and oxygen atoms in total. The van der Waals surface area contributed by atoms with Crippen molar-refractivity contribution in [3.63, 3.8) is 0 Å². The summed E-state index contributed by atoms with van der Waals surface area (Å²) in [6.07, 6.45) is 1.85. The highest BCUT2D eigenvalue weighted by Crippen LogP contribution is 2.20. The van der Waals surface area contributed by atoms with E-state index in [9.17, 15) is 13.2 Å². The Morgan fingerprint density at radius 1 is 1.39 bits per heavy atom. The Balaban J connectivity index is 2.00. The van der Waals surface area contributed by atoms with Crippen molar-refractivity contribution in [2.24, 2.45) is 0 Å². The van der Waals surface area contributed by atoms with Gasteiger partial charge in [0.1, 0.15) is 11.0 Å². The molecular formula is C16H23NO5S. The summed E-state index contributed by atoms with van der Waals surface area (Å²) in [6, 6.07) is 6.11. The van der Waals surface area contributed by atoms with Gasteiger partial charge in [0.2, 0.25) is 5.91 Å². The Morgan fingerprint density at radius 2 is 2.09 bits per heavy atom. The summed E-state index contributed by atoms with van der Waals surface area (Å²) >= 11 is 0. The zero-order valence-corrected chi connectivity index (χ0v) is 14.3. The quantitative estimate of drug-likeness (QED) is 0.813. The molecular weight excluding hydrogens is 318 g/mol. The number of rotatable bonds is 7. The van der Waals surface area contributed by atoms with E-state index in [1.807, 2.05) is 6.92 Å². The predicted octanol–water partition coefficient (Wildman–Crippen LogP) is 1.54. The molecule has 1 aliphatic rings. The normalized spacial score (nSPS) is 19.3. The molecule has 0 unspecified atom stereocenters. The van der Waals surface area contributed by atoms with Crippen LogP contribution in [0.1, 0.15) is 26.7 Å². The Hall–Kier alpha value is -1.60. The second kappa shape index (κ2) is 7.79. The first kappa shape index (κ1) is 17.7. The minimum absolute atomic E-state index is 0.0145. The lowest BCUT2D eigenvalue weighted by Crippen LogP contribution is -2.41. The molecule has 1 aliphatic heterocycles. The van der Waals surface area contributed by atoms with E-state index < -0.39 is 21.0 Å². The number of carbonyl (C=O) groups excluding carboxylic acids is 1. The van der Waals surface area contributed by atoms with Gasteiger partial charge in [0.25, 0.3) is 0 Å². The first-order valence-electron chi connectivity index (χ1n) is 7.81. The van der Waals surface area contributed by atoms with Gasteiger partial charge in [0.05, 0.1) is 17.6 Å². The van der Waals surface area contributed by atoms with Crippen LogP contribution in [0.25, 0.3) is 0 Å². The summed E-state index contributed by atoms with van der Waals surface area (Å²) in [6.45, 7) is 4.80. The first-order chi connectivity index (χ1) is 10.9. The molecule has 23 heavy (non-hydrogen) atoms. The molecule has 1 N–H and O–H groups in total. The average molecular weight is 341 g/mol. The fourth-order valence-electron chi connectivity index (χ4n) is 2.40. The van der Waals surface area contributed by atoms with Crippen molar-refractivity contribution in [1.82, 2.24) is 5.32 Å². The van der Waals surface area contributed by atoms with Crippen LogP contribution >= 0.6 is 0 Å². The molecule has 0 spiro atoms. The van der Waals surface area contributed by atoms with Crippen LogP contribution in [0, 0.1) is 0 Å². The average Bonchev–Trinajstić information content (AvgIpc) is 3.06. The smallest absolute Gasteiger partial charge is 0.238 e. The molecule has 1 amide bonds. The molecule has 1 aromatic rings. The number of hydrogen-bond acceptors (Lipinski definition) is 5. The van der Waals surface area contributed by atoms with E-state index in [2.05, 4.69) is 5.32 Å². The molecule has 128 valence electrons. The summed E-state index contributed by atoms with van der Waals surface area (Å²) in [4.78, 5) is 12.2. The third-order valence-electron chi connectivity index (χ3n) is 3.83. The maximum atomic E-state index is 12.5. The van der Waals surface area contributed by atoms with E-state index in [0.717, 1.165) is 12.8 Å². The number of amides is 1. The van der Waals surface area contributed by atoms with Crippen molar-refractivity contribution in [3.05, 3.63) is 24.3 Å². The zero-order chi connectivity index (χ0) is 16.9. The van der Waals surface area contributed by atoms with Gasteiger partial charge in [-0.3, -0.25) is 4.79 Å². The highest BCUT2D eigenvalue weighted by atomic mass is 32.2. The molecule has 1 fully saturated rings. The SMILES string of the molecule is CCOc1ccc(S(=O)(=O)[C@H](C)C(=O)NC[C@H]2CCCO2)cc1. The van der Waals surface area contributed by atoms with E-state index in [1.165, 1.54) is 19.1 Å². The topological polar surface area (TPSA) is 81.7 Å². The highest BCUT2D eigenvalue weighted by molar-refractivity contribution is 7.92. The van der Waals surface area contributed by atoms with Crippen molar-refractivity contribution in [2.75, 3.05) is 19.8 Å². The highest BCUT2D eigenvalue weighted by Gasteiger charge is 2.30. The van der Waals surface area contributed by atoms with Crippen LogP contribution in [0.4, 0.5) is 0 Å². The van der Waals surface area contributed by atoms with Crippen molar-refractivity contribution in [1.29, 1.82) is 0 Å². The standard InChI is InChI=1S/C16H23NO5S/c1-3-21-13-6-8-15(9-7-13)23(19,20)12(2)16(18)17-11-14-5-4-10-22-14/h6-9,12,14H,3-5,10-11H2,1-2H3,(H,17,18)/t12-,14-/m1/s1. The largest absolute Gasteiger partial charge is 0.494 e. The van der Waals surface area contributed by atoms with Crippen LogP contribution in [0.2, 0.25) is 0 Å². The lowest BCUT2D eigenvalue weighted by atomic mass is 10.2. The first-order valence-corrected chi connectivity index (χ1v) is 9.36. The number of sulfone groups is 1. The third-order valence-corrected chi connectivity index (χ3v) is 5.90. The van der Waals surface area contributed by atoms with Gasteiger partial charge in [0.15, 0.2) is 9.84 Å². The van der Waals surface area contributed by atoms with E-state index in [-0.39, 0.29) is 11.0 Å². The van der Waals surface area contributed by atoms with E-state index in [4.69, 9.17) is 9.47 Å². The molecule has 1 heterocycles. The number of ether oxygens (including phenoxy) is 2. The number of nitrogens with one attached hydrogen (secondary N) is 1. The fraction of sp³-hybridized carbons (Fsp3) is 0.562. The molecule has 1 saturated heterocycles. The minimum atomic E-state index is -3.72. The van der Waals surface area contributed by atoms with Gasteiger partial charge in [-0.2, -0.15) is 0 Å². The Kier molecular flexibility index (Phi) is 6.01. The van der Waals surface area contributed by atoms with Crippen LogP contribution < -0.4 is 10.1 Å². The summed E-state index contributed by atoms with van der Waals surface area (Å²) < 4.78 is 35.7. The zero-order valence-electron chi connectivity index (χ0n) is 13.4. The molecule has 2 rings (SSSR count). The van der Waals surface area contributed by atoms with Crippen LogP contribution in [0.5, 0.6) is 5.75 Å². The van der Waals surface area contributed by atoms with E-state index >= 15 is 0 Å². The Bertz CT molecular complexity index is 620. The van der Waals surface area contributed by atoms with Crippen molar-refractivity contribution in [3.8, 4) is 5.75 Å². The number of benzene rings is 1. The van der Waals surface area contributed by atoms with Crippen LogP contribution in [-0.4, -0.2) is 45.4 Å². The van der Waals surface area contributed by atoms with Gasteiger partial charge in [-0.25, -0.2) is 8.42 Å². The minimum Gasteiger partial charge on any atom is -0.494 e. The summed E-state index contributed by atoms with van der Waals surface area (Å²) in [7, 11) is -3.72. The molecule has 0 aliphatic carbocycles. The van der Waals surface area contributed by atoms with Crippen molar-refractivity contribution < 1.29 is 22.7 Å². The molecule has 0 bridgehead atoms. The van der Waals surface area contributed by atoms with Gasteiger partial charge in [-0.05, 0) is 51.0 Å². The molecule has 7 heteroatoms. The summed E-state index contributed by atoms with van der Waals surface area (Å²) in [5, 5.41) is 1.51. The molecule has 0 saturated carbocycles. The van der Waals surface area contributed by atoms with Gasteiger partial charge < -0.3 is 14.8 Å². The van der Waals surface area contributed by atoms with Crippen molar-refractivity contribution in [2.45, 2.75) is 42.9 Å². The molecule has 0 radical (unpaired) electrons. The summed E-state index contributed by atoms with van der Waals surface area (Å²) in [5.41, 5.74) is 0. The van der Waals surface area contributed by atoms with E-state index in [0.29, 0.717) is 25.5 Å². The van der Waals surface area contributed by atoms with Crippen LogP contribution in [0.15, 0.2) is 29.2 Å². The van der Waals surface area contributed by atoms with Crippen LogP contribution in [0.3, 0.4) is 0 Å². The van der Waals surface area contributed by atoms with Gasteiger partial charge in [-0.1, -0.05) is 0 Å². The van der Waals surface area contributed by atoms with Gasteiger partial charge >= 0.3 is 0 Å². The second-order valence-corrected chi connectivity index (χ2v) is 7.74. The molecule has 1 aromatic carbocycles. The lowest BCUT2D eigenvalue weighted by molar-refractivity contribution is -0.120. The summed E-state index contributed by atoms with van der Waals surface area (Å²) in [5.74, 6) is 0.0938. The Labute approximate surface area is 137 Å². The third kappa shape index (κ3) is 4.45. The molecule has 0 aromatic heterocycles. The van der Waals surface area contributed by atoms with Crippen molar-refractivity contribution >= 4 is 15.7 Å². The number of hydrogen-bond donors (Lipinski definition) is 1. The van der Waals surface area contributed by atoms with Gasteiger partial charge in [0, 0.05) is 13.2 Å². The maximum absolute atomic E-state index is 12.5. The lowest BCUT2D eigenvalue weighted by Gasteiger charge is -2.16. The van der Waals surface area contributed by atoms with E-state index in [1.54, 1.807) is 12.1 Å². The van der Waals surface area contributed by atoms with Crippen LogP contribution in [-0.2, 0) is 19.4 Å². The number of carbonyl (C=O) groups is 1. The Morgan fingerprint density at radius 3 is 2.65 bits per heavy atom. The second-order valence-electron chi connectivity index (χ2n) is 5.47. The predicted molar refractivity (Wildman–Crippen MR) is 86.2 cm³/mol. The van der Waals surface area contributed by atoms with Gasteiger partial charge in [-0.15, -0.1) is 0 Å². The molecule has 2 atom stereocenters.